The molecule has 72 valence electrons. The molecule has 0 radical (unpaired) electrons. The Morgan fingerprint density at radius 1 is 1.36 bits per heavy atom. The zero-order valence-corrected chi connectivity index (χ0v) is 9.25. The van der Waals surface area contributed by atoms with Crippen LogP contribution in [0.1, 0.15) is 5.69 Å². The van der Waals surface area contributed by atoms with Crippen LogP contribution in [0, 0.1) is 0 Å². The molecule has 0 bridgehead atoms. The number of benzene rings is 1. The van der Waals surface area contributed by atoms with Crippen molar-refractivity contribution in [3.63, 3.8) is 0 Å². The Balaban J connectivity index is 2.36. The molecular formula is C11H10BrNO. The number of hydrogen-bond acceptors (Lipinski definition) is 1. The Hall–Kier alpha value is -0.800. The minimum absolute atomic E-state index is 0.737. The first kappa shape index (κ1) is 8.50. The largest absolute Gasteiger partial charge is 0.373 e. The highest BCUT2D eigenvalue weighted by atomic mass is 79.9. The highest BCUT2D eigenvalue weighted by Crippen LogP contribution is 2.28. The molecule has 0 aliphatic carbocycles. The third-order valence-electron chi connectivity index (χ3n) is 2.69. The molecule has 14 heavy (non-hydrogen) atoms. The molecule has 0 spiro atoms. The number of ether oxygens (including phenoxy) is 1. The van der Waals surface area contributed by atoms with Crippen LogP contribution in [0.15, 0.2) is 28.7 Å². The predicted octanol–water partition coefficient (Wildman–Crippen LogP) is 2.93. The first-order chi connectivity index (χ1) is 6.86. The van der Waals surface area contributed by atoms with E-state index in [1.165, 1.54) is 16.6 Å². The van der Waals surface area contributed by atoms with Crippen LogP contribution in [-0.4, -0.2) is 11.2 Å². The van der Waals surface area contributed by atoms with E-state index in [1.807, 2.05) is 0 Å². The summed E-state index contributed by atoms with van der Waals surface area (Å²) in [6, 6.07) is 8.53. The monoisotopic (exact) mass is 251 g/mol. The smallest absolute Gasteiger partial charge is 0.0869 e. The second-order valence-corrected chi connectivity index (χ2v) is 4.37. The lowest BCUT2D eigenvalue weighted by atomic mass is 10.2. The van der Waals surface area contributed by atoms with Crippen molar-refractivity contribution in [3.8, 4) is 0 Å². The van der Waals surface area contributed by atoms with Gasteiger partial charge in [-0.15, -0.1) is 0 Å². The summed E-state index contributed by atoms with van der Waals surface area (Å²) in [5.41, 5.74) is 2.58. The van der Waals surface area contributed by atoms with E-state index in [4.69, 9.17) is 4.74 Å². The van der Waals surface area contributed by atoms with E-state index in [0.29, 0.717) is 0 Å². The molecule has 1 aromatic heterocycles. The Morgan fingerprint density at radius 3 is 3.21 bits per heavy atom. The molecule has 2 aromatic rings. The molecule has 1 aliphatic heterocycles. The van der Waals surface area contributed by atoms with Gasteiger partial charge in [-0.3, -0.25) is 0 Å². The van der Waals surface area contributed by atoms with Gasteiger partial charge in [0.25, 0.3) is 0 Å². The van der Waals surface area contributed by atoms with Gasteiger partial charge in [0.2, 0.25) is 0 Å². The molecule has 0 unspecified atom stereocenters. The fourth-order valence-electron chi connectivity index (χ4n) is 2.02. The molecule has 3 heteroatoms. The molecule has 0 saturated heterocycles. The standard InChI is InChI=1S/C11H10BrNO/c12-10-2-1-3-11-9(10)6-8-7-14-5-4-13(8)11/h1-3,6H,4-5,7H2. The summed E-state index contributed by atoms with van der Waals surface area (Å²) in [4.78, 5) is 0. The van der Waals surface area contributed by atoms with Crippen LogP contribution in [0.4, 0.5) is 0 Å². The van der Waals surface area contributed by atoms with Gasteiger partial charge in [0.05, 0.1) is 13.2 Å². The zero-order chi connectivity index (χ0) is 9.54. The number of nitrogens with zero attached hydrogens (tertiary/aromatic N) is 1. The molecule has 1 aliphatic rings. The Kier molecular flexibility index (Phi) is 1.89. The van der Waals surface area contributed by atoms with E-state index in [-0.39, 0.29) is 0 Å². The lowest BCUT2D eigenvalue weighted by Crippen LogP contribution is -2.15. The van der Waals surface area contributed by atoms with Gasteiger partial charge in [0.1, 0.15) is 0 Å². The highest BCUT2D eigenvalue weighted by Gasteiger charge is 2.13. The fraction of sp³-hybridized carbons (Fsp3) is 0.273. The van der Waals surface area contributed by atoms with Gasteiger partial charge in [-0.1, -0.05) is 22.0 Å². The van der Waals surface area contributed by atoms with Gasteiger partial charge in [0, 0.05) is 27.6 Å². The zero-order valence-electron chi connectivity index (χ0n) is 7.66. The SMILES string of the molecule is Brc1cccc2c1cc1n2CCOC1. The van der Waals surface area contributed by atoms with Gasteiger partial charge in [-0.25, -0.2) is 0 Å². The third-order valence-corrected chi connectivity index (χ3v) is 3.38. The van der Waals surface area contributed by atoms with Gasteiger partial charge in [0.15, 0.2) is 0 Å². The Labute approximate surface area is 90.6 Å². The summed E-state index contributed by atoms with van der Waals surface area (Å²) in [5, 5.41) is 1.29. The predicted molar refractivity (Wildman–Crippen MR) is 59.3 cm³/mol. The summed E-state index contributed by atoms with van der Waals surface area (Å²) in [5.74, 6) is 0. The summed E-state index contributed by atoms with van der Waals surface area (Å²) in [7, 11) is 0. The van der Waals surface area contributed by atoms with E-state index in [2.05, 4.69) is 44.8 Å². The van der Waals surface area contributed by atoms with Crippen molar-refractivity contribution in [2.24, 2.45) is 0 Å². The van der Waals surface area contributed by atoms with Crippen LogP contribution >= 0.6 is 15.9 Å². The normalized spacial score (nSPS) is 15.8. The van der Waals surface area contributed by atoms with Gasteiger partial charge < -0.3 is 9.30 Å². The van der Waals surface area contributed by atoms with Crippen molar-refractivity contribution in [1.29, 1.82) is 0 Å². The maximum atomic E-state index is 5.43. The van der Waals surface area contributed by atoms with Crippen LogP contribution in [0.3, 0.4) is 0 Å². The lowest BCUT2D eigenvalue weighted by molar-refractivity contribution is 0.0865. The maximum absolute atomic E-state index is 5.43. The van der Waals surface area contributed by atoms with Crippen molar-refractivity contribution in [1.82, 2.24) is 4.57 Å². The molecule has 0 fully saturated rings. The number of halogens is 1. The molecule has 3 rings (SSSR count). The fourth-order valence-corrected chi connectivity index (χ4v) is 2.49. The molecular weight excluding hydrogens is 242 g/mol. The molecule has 1 aromatic carbocycles. The second-order valence-electron chi connectivity index (χ2n) is 3.51. The summed E-state index contributed by atoms with van der Waals surface area (Å²) in [6.07, 6.45) is 0. The van der Waals surface area contributed by atoms with E-state index in [9.17, 15) is 0 Å². The summed E-state index contributed by atoms with van der Waals surface area (Å²) >= 11 is 3.57. The lowest BCUT2D eigenvalue weighted by Gasteiger charge is -2.16. The Morgan fingerprint density at radius 2 is 2.29 bits per heavy atom. The van der Waals surface area contributed by atoms with E-state index in [0.717, 1.165) is 24.2 Å². The summed E-state index contributed by atoms with van der Waals surface area (Å²) < 4.78 is 8.93. The second kappa shape index (κ2) is 3.11. The number of fused-ring (bicyclic) bond motifs is 3. The van der Waals surface area contributed by atoms with E-state index >= 15 is 0 Å². The quantitative estimate of drug-likeness (QED) is 0.703. The average molecular weight is 252 g/mol. The Bertz CT molecular complexity index is 489. The summed E-state index contributed by atoms with van der Waals surface area (Å²) in [6.45, 7) is 2.53. The van der Waals surface area contributed by atoms with E-state index < -0.39 is 0 Å². The van der Waals surface area contributed by atoms with Gasteiger partial charge in [-0.05, 0) is 18.2 Å². The van der Waals surface area contributed by atoms with E-state index in [1.54, 1.807) is 0 Å². The van der Waals surface area contributed by atoms with Crippen LogP contribution in [0.5, 0.6) is 0 Å². The first-order valence-corrected chi connectivity index (χ1v) is 5.50. The van der Waals surface area contributed by atoms with Crippen molar-refractivity contribution < 1.29 is 4.74 Å². The van der Waals surface area contributed by atoms with Crippen LogP contribution in [0.25, 0.3) is 10.9 Å². The van der Waals surface area contributed by atoms with Crippen molar-refractivity contribution >= 4 is 26.8 Å². The van der Waals surface area contributed by atoms with Crippen molar-refractivity contribution in [3.05, 3.63) is 34.4 Å². The minimum Gasteiger partial charge on any atom is -0.373 e. The minimum atomic E-state index is 0.737. The number of rotatable bonds is 0. The molecule has 0 amide bonds. The van der Waals surface area contributed by atoms with Crippen molar-refractivity contribution in [2.75, 3.05) is 6.61 Å². The molecule has 0 saturated carbocycles. The molecule has 0 atom stereocenters. The number of aromatic nitrogens is 1. The maximum Gasteiger partial charge on any atom is 0.0869 e. The first-order valence-electron chi connectivity index (χ1n) is 4.70. The molecule has 0 N–H and O–H groups in total. The van der Waals surface area contributed by atoms with Crippen LogP contribution in [-0.2, 0) is 17.9 Å². The topological polar surface area (TPSA) is 14.2 Å². The molecule has 2 nitrogen and oxygen atoms in total. The highest BCUT2D eigenvalue weighted by molar-refractivity contribution is 9.10. The number of hydrogen-bond donors (Lipinski definition) is 0. The average Bonchev–Trinajstić information content (AvgIpc) is 2.59. The van der Waals surface area contributed by atoms with Gasteiger partial charge >= 0.3 is 0 Å². The van der Waals surface area contributed by atoms with Crippen molar-refractivity contribution in [2.45, 2.75) is 13.2 Å². The third kappa shape index (κ3) is 1.12. The van der Waals surface area contributed by atoms with Gasteiger partial charge in [-0.2, -0.15) is 0 Å². The molecule has 2 heterocycles. The van der Waals surface area contributed by atoms with Crippen LogP contribution < -0.4 is 0 Å². The van der Waals surface area contributed by atoms with Crippen LogP contribution in [0.2, 0.25) is 0 Å².